The van der Waals surface area contributed by atoms with Gasteiger partial charge in [0.25, 0.3) is 5.56 Å². The molecular formula is C15H21N5O. The number of nitrogens with one attached hydrogen (secondary N) is 2. The number of pyridine rings is 1. The third-order valence-electron chi connectivity index (χ3n) is 3.06. The van der Waals surface area contributed by atoms with E-state index >= 15 is 0 Å². The summed E-state index contributed by atoms with van der Waals surface area (Å²) in [7, 11) is 4.06. The van der Waals surface area contributed by atoms with Crippen LogP contribution < -0.4 is 10.9 Å². The Bertz CT molecular complexity index is 633. The molecule has 6 heteroatoms. The highest BCUT2D eigenvalue weighted by atomic mass is 16.1. The molecule has 0 amide bonds. The molecule has 0 aliphatic carbocycles. The zero-order chi connectivity index (χ0) is 15.2. The molecule has 0 unspecified atom stereocenters. The van der Waals surface area contributed by atoms with Crippen molar-refractivity contribution >= 4 is 5.82 Å². The van der Waals surface area contributed by atoms with Gasteiger partial charge in [0.05, 0.1) is 0 Å². The van der Waals surface area contributed by atoms with Gasteiger partial charge < -0.3 is 15.2 Å². The maximum atomic E-state index is 11.6. The molecule has 21 heavy (non-hydrogen) atoms. The van der Waals surface area contributed by atoms with Gasteiger partial charge in [-0.3, -0.25) is 4.79 Å². The first-order valence-electron chi connectivity index (χ1n) is 7.03. The van der Waals surface area contributed by atoms with Crippen LogP contribution in [-0.4, -0.2) is 47.0 Å². The lowest BCUT2D eigenvalue weighted by Gasteiger charge is -2.11. The van der Waals surface area contributed by atoms with Crippen LogP contribution in [0.25, 0.3) is 11.4 Å². The van der Waals surface area contributed by atoms with E-state index in [2.05, 4.69) is 25.2 Å². The first kappa shape index (κ1) is 15.2. The van der Waals surface area contributed by atoms with Crippen LogP contribution in [0.15, 0.2) is 29.2 Å². The number of H-pyrrole nitrogens is 1. The topological polar surface area (TPSA) is 73.9 Å². The average molecular weight is 287 g/mol. The molecule has 2 rings (SSSR count). The van der Waals surface area contributed by atoms with Crippen molar-refractivity contribution in [1.29, 1.82) is 0 Å². The molecule has 2 aromatic heterocycles. The summed E-state index contributed by atoms with van der Waals surface area (Å²) in [6.45, 7) is 3.75. The van der Waals surface area contributed by atoms with Crippen LogP contribution in [0.1, 0.15) is 12.6 Å². The lowest BCUT2D eigenvalue weighted by atomic mass is 10.2. The van der Waals surface area contributed by atoms with Gasteiger partial charge in [-0.15, -0.1) is 0 Å². The number of aromatic amines is 1. The minimum absolute atomic E-state index is 0.134. The SMILES string of the molecule is CCc1cc(=O)[nH]c(-c2ccc(NCCN(C)C)nc2)n1. The Morgan fingerprint density at radius 2 is 2.14 bits per heavy atom. The van der Waals surface area contributed by atoms with E-state index in [0.717, 1.165) is 36.6 Å². The molecule has 0 saturated carbocycles. The second-order valence-electron chi connectivity index (χ2n) is 5.10. The molecule has 0 aliphatic heterocycles. The Morgan fingerprint density at radius 3 is 2.76 bits per heavy atom. The summed E-state index contributed by atoms with van der Waals surface area (Å²) in [5.41, 5.74) is 1.45. The van der Waals surface area contributed by atoms with E-state index in [9.17, 15) is 4.79 Å². The van der Waals surface area contributed by atoms with Crippen molar-refractivity contribution in [3.8, 4) is 11.4 Å². The number of hydrogen-bond acceptors (Lipinski definition) is 5. The van der Waals surface area contributed by atoms with Crippen molar-refractivity contribution in [3.05, 3.63) is 40.4 Å². The quantitative estimate of drug-likeness (QED) is 0.839. The van der Waals surface area contributed by atoms with Gasteiger partial charge in [0.2, 0.25) is 0 Å². The van der Waals surface area contributed by atoms with Gasteiger partial charge in [0.15, 0.2) is 0 Å². The van der Waals surface area contributed by atoms with Gasteiger partial charge in [-0.1, -0.05) is 6.92 Å². The summed E-state index contributed by atoms with van der Waals surface area (Å²) in [4.78, 5) is 25.2. The van der Waals surface area contributed by atoms with Gasteiger partial charge in [0.1, 0.15) is 11.6 Å². The summed E-state index contributed by atoms with van der Waals surface area (Å²) in [6, 6.07) is 5.32. The van der Waals surface area contributed by atoms with Gasteiger partial charge in [-0.25, -0.2) is 9.97 Å². The summed E-state index contributed by atoms with van der Waals surface area (Å²) in [5.74, 6) is 1.38. The van der Waals surface area contributed by atoms with Crippen LogP contribution in [0.4, 0.5) is 5.82 Å². The summed E-state index contributed by atoms with van der Waals surface area (Å²) < 4.78 is 0. The molecule has 112 valence electrons. The Kier molecular flexibility index (Phi) is 5.05. The van der Waals surface area contributed by atoms with E-state index < -0.39 is 0 Å². The van der Waals surface area contributed by atoms with Crippen LogP contribution in [0.5, 0.6) is 0 Å². The molecule has 2 aromatic rings. The lowest BCUT2D eigenvalue weighted by molar-refractivity contribution is 0.425. The number of rotatable bonds is 6. The zero-order valence-corrected chi connectivity index (χ0v) is 12.7. The van der Waals surface area contributed by atoms with Crippen LogP contribution in [0.3, 0.4) is 0 Å². The van der Waals surface area contributed by atoms with Gasteiger partial charge >= 0.3 is 0 Å². The highest BCUT2D eigenvalue weighted by Gasteiger charge is 2.04. The van der Waals surface area contributed by atoms with Crippen molar-refractivity contribution in [2.75, 3.05) is 32.5 Å². The molecule has 0 aromatic carbocycles. The molecule has 0 radical (unpaired) electrons. The van der Waals surface area contributed by atoms with Crippen molar-refractivity contribution in [1.82, 2.24) is 19.9 Å². The summed E-state index contributed by atoms with van der Waals surface area (Å²) in [6.07, 6.45) is 2.45. The largest absolute Gasteiger partial charge is 0.369 e. The molecule has 2 N–H and O–H groups in total. The maximum absolute atomic E-state index is 11.6. The number of likely N-dealkylation sites (N-methyl/N-ethyl adjacent to an activating group) is 1. The minimum atomic E-state index is -0.134. The molecule has 0 spiro atoms. The maximum Gasteiger partial charge on any atom is 0.251 e. The Balaban J connectivity index is 2.11. The molecular weight excluding hydrogens is 266 g/mol. The smallest absolute Gasteiger partial charge is 0.251 e. The van der Waals surface area contributed by atoms with Crippen molar-refractivity contribution in [3.63, 3.8) is 0 Å². The number of anilines is 1. The van der Waals surface area contributed by atoms with Gasteiger partial charge in [0, 0.05) is 36.6 Å². The first-order chi connectivity index (χ1) is 10.1. The second kappa shape index (κ2) is 6.99. The molecule has 0 fully saturated rings. The van der Waals surface area contributed by atoms with E-state index in [0.29, 0.717) is 5.82 Å². The fraction of sp³-hybridized carbons (Fsp3) is 0.400. The normalized spacial score (nSPS) is 10.9. The fourth-order valence-electron chi connectivity index (χ4n) is 1.87. The van der Waals surface area contributed by atoms with Crippen LogP contribution >= 0.6 is 0 Å². The second-order valence-corrected chi connectivity index (χ2v) is 5.10. The predicted octanol–water partition coefficient (Wildman–Crippen LogP) is 1.37. The van der Waals surface area contributed by atoms with E-state index in [4.69, 9.17) is 0 Å². The number of aryl methyl sites for hydroxylation is 1. The van der Waals surface area contributed by atoms with Crippen LogP contribution in [-0.2, 0) is 6.42 Å². The zero-order valence-electron chi connectivity index (χ0n) is 12.7. The average Bonchev–Trinajstić information content (AvgIpc) is 2.47. The number of hydrogen-bond donors (Lipinski definition) is 2. The molecule has 0 atom stereocenters. The highest BCUT2D eigenvalue weighted by molar-refractivity contribution is 5.55. The van der Waals surface area contributed by atoms with Crippen molar-refractivity contribution < 1.29 is 0 Å². The Labute approximate surface area is 124 Å². The van der Waals surface area contributed by atoms with E-state index in [1.807, 2.05) is 33.2 Å². The third kappa shape index (κ3) is 4.39. The van der Waals surface area contributed by atoms with Crippen molar-refractivity contribution in [2.24, 2.45) is 0 Å². The monoisotopic (exact) mass is 287 g/mol. The molecule has 6 nitrogen and oxygen atoms in total. The predicted molar refractivity (Wildman–Crippen MR) is 84.5 cm³/mol. The standard InChI is InChI=1S/C15H21N5O/c1-4-12-9-14(21)19-15(18-12)11-5-6-13(17-10-11)16-7-8-20(2)3/h5-6,9-10H,4,7-8H2,1-3H3,(H,16,17)(H,18,19,21). The van der Waals surface area contributed by atoms with E-state index in [1.165, 1.54) is 6.07 Å². The van der Waals surface area contributed by atoms with Gasteiger partial charge in [-0.2, -0.15) is 0 Å². The summed E-state index contributed by atoms with van der Waals surface area (Å²) in [5, 5.41) is 3.24. The fourth-order valence-corrected chi connectivity index (χ4v) is 1.87. The van der Waals surface area contributed by atoms with E-state index in [1.54, 1.807) is 6.20 Å². The van der Waals surface area contributed by atoms with Gasteiger partial charge in [-0.05, 0) is 32.6 Å². The number of aromatic nitrogens is 3. The van der Waals surface area contributed by atoms with Crippen molar-refractivity contribution in [2.45, 2.75) is 13.3 Å². The van der Waals surface area contributed by atoms with E-state index in [-0.39, 0.29) is 5.56 Å². The third-order valence-corrected chi connectivity index (χ3v) is 3.06. The molecule has 2 heterocycles. The highest BCUT2D eigenvalue weighted by Crippen LogP contribution is 2.14. The summed E-state index contributed by atoms with van der Waals surface area (Å²) >= 11 is 0. The Hall–Kier alpha value is -2.21. The Morgan fingerprint density at radius 1 is 1.33 bits per heavy atom. The minimum Gasteiger partial charge on any atom is -0.369 e. The first-order valence-corrected chi connectivity index (χ1v) is 7.03. The molecule has 0 bridgehead atoms. The number of nitrogens with zero attached hydrogens (tertiary/aromatic N) is 3. The lowest BCUT2D eigenvalue weighted by Crippen LogP contribution is -2.21. The molecule has 0 saturated heterocycles. The van der Waals surface area contributed by atoms with Crippen LogP contribution in [0, 0.1) is 0 Å². The van der Waals surface area contributed by atoms with Crippen LogP contribution in [0.2, 0.25) is 0 Å². The molecule has 0 aliphatic rings.